The predicted octanol–water partition coefficient (Wildman–Crippen LogP) is 4.53. The number of allylic oxidation sites excluding steroid dienone is 1. The number of aryl methyl sites for hydroxylation is 1. The number of fused-ring (bicyclic) bond motifs is 3. The van der Waals surface area contributed by atoms with Crippen molar-refractivity contribution in [1.29, 1.82) is 0 Å². The normalized spacial score (nSPS) is 26.3. The summed E-state index contributed by atoms with van der Waals surface area (Å²) in [6.45, 7) is 2.64. The number of H-pyrrole nitrogens is 1. The van der Waals surface area contributed by atoms with Crippen molar-refractivity contribution in [2.75, 3.05) is 20.7 Å². The number of aliphatic carboxylic acids is 1. The van der Waals surface area contributed by atoms with Crippen molar-refractivity contribution in [2.24, 2.45) is 17.8 Å². The van der Waals surface area contributed by atoms with E-state index in [2.05, 4.69) is 15.3 Å². The van der Waals surface area contributed by atoms with Crippen LogP contribution in [0.15, 0.2) is 46.7 Å². The lowest BCUT2D eigenvalue weighted by Crippen LogP contribution is -2.49. The molecule has 0 spiro atoms. The Morgan fingerprint density at radius 3 is 2.67 bits per heavy atom. The number of amides is 2. The zero-order chi connectivity index (χ0) is 30.7. The van der Waals surface area contributed by atoms with Crippen molar-refractivity contribution in [2.45, 2.75) is 57.4 Å². The molecule has 2 unspecified atom stereocenters. The molecule has 3 aromatic rings. The second-order valence-corrected chi connectivity index (χ2v) is 12.5. The van der Waals surface area contributed by atoms with Crippen LogP contribution in [-0.4, -0.2) is 64.0 Å². The molecular formula is C32H38N4O6S. The van der Waals surface area contributed by atoms with Crippen molar-refractivity contribution in [3.8, 4) is 16.5 Å². The number of methoxy groups -OCH3 is 1. The zero-order valence-corrected chi connectivity index (χ0v) is 25.5. The van der Waals surface area contributed by atoms with Gasteiger partial charge in [-0.3, -0.25) is 14.4 Å². The minimum Gasteiger partial charge on any atom is -0.496 e. The Balaban J connectivity index is 0.000000176. The summed E-state index contributed by atoms with van der Waals surface area (Å²) in [7, 11) is 3.42. The number of hydrogen-bond acceptors (Lipinski definition) is 7. The molecule has 0 bridgehead atoms. The molecule has 1 aromatic carbocycles. The Morgan fingerprint density at radius 1 is 1.16 bits per heavy atom. The van der Waals surface area contributed by atoms with E-state index in [-0.39, 0.29) is 29.1 Å². The molecule has 43 heavy (non-hydrogen) atoms. The minimum atomic E-state index is -1.17. The smallest absolute Gasteiger partial charge is 0.330 e. The largest absolute Gasteiger partial charge is 0.496 e. The number of nitrogens with zero attached hydrogens (tertiary/aromatic N) is 2. The summed E-state index contributed by atoms with van der Waals surface area (Å²) in [6.07, 6.45) is 11.1. The summed E-state index contributed by atoms with van der Waals surface area (Å²) in [5.74, 6) is -1.30. The molecule has 4 atom stereocenters. The quantitative estimate of drug-likeness (QED) is 0.372. The average molecular weight is 607 g/mol. The number of benzene rings is 1. The van der Waals surface area contributed by atoms with Crippen molar-refractivity contribution >= 4 is 40.0 Å². The number of carbonyl (C=O) groups excluding carboxylic acids is 2. The van der Waals surface area contributed by atoms with E-state index in [1.54, 1.807) is 37.4 Å². The van der Waals surface area contributed by atoms with Gasteiger partial charge in [-0.25, -0.2) is 9.78 Å². The second-order valence-electron chi connectivity index (χ2n) is 11.6. The number of aromatic nitrogens is 2. The van der Waals surface area contributed by atoms with Crippen LogP contribution in [0, 0.1) is 24.7 Å². The highest BCUT2D eigenvalue weighted by atomic mass is 32.1. The van der Waals surface area contributed by atoms with E-state index >= 15 is 0 Å². The number of carboxylic acids is 1. The van der Waals surface area contributed by atoms with Crippen molar-refractivity contribution in [3.05, 3.63) is 57.7 Å². The first kappa shape index (κ1) is 30.5. The fraction of sp³-hybridized carbons (Fsp3) is 0.469. The zero-order valence-electron chi connectivity index (χ0n) is 24.7. The molecule has 2 aliphatic carbocycles. The first-order valence-corrected chi connectivity index (χ1v) is 15.6. The highest BCUT2D eigenvalue weighted by molar-refractivity contribution is 7.13. The fourth-order valence-electron chi connectivity index (χ4n) is 6.24. The molecule has 3 aliphatic rings. The molecule has 10 nitrogen and oxygen atoms in total. The van der Waals surface area contributed by atoms with Crippen LogP contribution in [-0.2, 0) is 14.4 Å². The Labute approximate surface area is 254 Å². The van der Waals surface area contributed by atoms with Gasteiger partial charge in [-0.15, -0.1) is 11.3 Å². The van der Waals surface area contributed by atoms with Crippen LogP contribution >= 0.6 is 11.3 Å². The standard InChI is InChI=1S/C18H26N2O4.C14H12N2O2S/c1-20-10-5-3-2-4-7-12-11-18(12,17(23)24)19-15(21)13-8-6-9-14(13)16(20)22;1-8-12(18-2)4-3-9-11(17)7-10(16-13(8)9)14-15-5-6-19-14/h4,7,12-14H,2-3,5-6,8-11H2,1H3,(H,19,21)(H,23,24);3-7H,1-2H3,(H,16,17)/b7-4-;/t12?,13-,14?,18-;/m1./s1. The van der Waals surface area contributed by atoms with Crippen LogP contribution in [0.25, 0.3) is 21.6 Å². The number of carboxylic acid groups (broad SMARTS) is 1. The molecule has 6 rings (SSSR count). The van der Waals surface area contributed by atoms with Gasteiger partial charge in [-0.05, 0) is 57.6 Å². The molecule has 1 aliphatic heterocycles. The van der Waals surface area contributed by atoms with Gasteiger partial charge < -0.3 is 25.0 Å². The number of hydrogen-bond donors (Lipinski definition) is 3. The predicted molar refractivity (Wildman–Crippen MR) is 165 cm³/mol. The molecule has 11 heteroatoms. The number of rotatable bonds is 3. The van der Waals surface area contributed by atoms with Gasteiger partial charge in [0.2, 0.25) is 11.8 Å². The molecular weight excluding hydrogens is 568 g/mol. The first-order valence-electron chi connectivity index (χ1n) is 14.7. The molecule has 2 aromatic heterocycles. The second kappa shape index (κ2) is 12.7. The number of aromatic amines is 1. The average Bonchev–Trinajstić information content (AvgIpc) is 3.35. The number of ether oxygens (including phenoxy) is 1. The summed E-state index contributed by atoms with van der Waals surface area (Å²) in [5, 5.41) is 15.7. The summed E-state index contributed by atoms with van der Waals surface area (Å²) in [5.41, 5.74) is 1.29. The fourth-order valence-corrected chi connectivity index (χ4v) is 6.85. The van der Waals surface area contributed by atoms with E-state index in [0.717, 1.165) is 53.2 Å². The van der Waals surface area contributed by atoms with E-state index in [0.29, 0.717) is 31.2 Å². The van der Waals surface area contributed by atoms with E-state index in [1.807, 2.05) is 30.5 Å². The molecule has 2 fully saturated rings. The Morgan fingerprint density at radius 2 is 1.95 bits per heavy atom. The lowest BCUT2D eigenvalue weighted by Gasteiger charge is -2.26. The van der Waals surface area contributed by atoms with Crippen LogP contribution in [0.2, 0.25) is 0 Å². The van der Waals surface area contributed by atoms with Gasteiger partial charge in [0, 0.05) is 59.9 Å². The van der Waals surface area contributed by atoms with Crippen molar-refractivity contribution < 1.29 is 24.2 Å². The molecule has 3 heterocycles. The van der Waals surface area contributed by atoms with Crippen LogP contribution in [0.4, 0.5) is 0 Å². The van der Waals surface area contributed by atoms with Crippen LogP contribution < -0.4 is 15.5 Å². The Hall–Kier alpha value is -3.99. The number of pyridine rings is 1. The summed E-state index contributed by atoms with van der Waals surface area (Å²) in [4.78, 5) is 58.4. The van der Waals surface area contributed by atoms with Gasteiger partial charge in [0.15, 0.2) is 5.43 Å². The summed E-state index contributed by atoms with van der Waals surface area (Å²) in [6, 6.07) is 5.19. The van der Waals surface area contributed by atoms with E-state index in [4.69, 9.17) is 4.74 Å². The third kappa shape index (κ3) is 6.22. The molecule has 3 N–H and O–H groups in total. The Kier molecular flexibility index (Phi) is 9.00. The van der Waals surface area contributed by atoms with Gasteiger partial charge in [-0.1, -0.05) is 18.6 Å². The third-order valence-corrected chi connectivity index (χ3v) is 9.68. The van der Waals surface area contributed by atoms with Gasteiger partial charge in [-0.2, -0.15) is 0 Å². The van der Waals surface area contributed by atoms with Crippen LogP contribution in [0.3, 0.4) is 0 Å². The van der Waals surface area contributed by atoms with Gasteiger partial charge in [0.25, 0.3) is 0 Å². The summed E-state index contributed by atoms with van der Waals surface area (Å²) >= 11 is 1.50. The highest BCUT2D eigenvalue weighted by Crippen LogP contribution is 2.46. The Bertz CT molecular complexity index is 1600. The van der Waals surface area contributed by atoms with Crippen molar-refractivity contribution in [3.63, 3.8) is 0 Å². The summed E-state index contributed by atoms with van der Waals surface area (Å²) < 4.78 is 5.29. The topological polar surface area (TPSA) is 142 Å². The first-order chi connectivity index (χ1) is 20.7. The lowest BCUT2D eigenvalue weighted by molar-refractivity contribution is -0.145. The van der Waals surface area contributed by atoms with Gasteiger partial charge in [0.1, 0.15) is 16.3 Å². The van der Waals surface area contributed by atoms with Crippen molar-refractivity contribution in [1.82, 2.24) is 20.2 Å². The number of carbonyl (C=O) groups is 3. The molecule has 228 valence electrons. The maximum Gasteiger partial charge on any atom is 0.330 e. The maximum atomic E-state index is 12.7. The molecule has 0 saturated heterocycles. The van der Waals surface area contributed by atoms with Gasteiger partial charge in [0.05, 0.1) is 18.3 Å². The minimum absolute atomic E-state index is 0.00953. The number of thiazole rings is 1. The van der Waals surface area contributed by atoms with E-state index in [9.17, 15) is 24.3 Å². The third-order valence-electron chi connectivity index (χ3n) is 8.87. The number of nitrogens with one attached hydrogen (secondary N) is 2. The monoisotopic (exact) mass is 606 g/mol. The maximum absolute atomic E-state index is 12.7. The van der Waals surface area contributed by atoms with E-state index in [1.165, 1.54) is 11.3 Å². The van der Waals surface area contributed by atoms with E-state index < -0.39 is 17.4 Å². The lowest BCUT2D eigenvalue weighted by atomic mass is 9.93. The molecule has 2 amide bonds. The molecule has 0 radical (unpaired) electrons. The molecule has 2 saturated carbocycles. The van der Waals surface area contributed by atoms with Crippen LogP contribution in [0.1, 0.15) is 50.5 Å². The highest BCUT2D eigenvalue weighted by Gasteiger charge is 2.61. The van der Waals surface area contributed by atoms with Gasteiger partial charge >= 0.3 is 5.97 Å². The van der Waals surface area contributed by atoms with Crippen LogP contribution in [0.5, 0.6) is 5.75 Å². The SMILES string of the molecule is CN1CCCC/C=C\C2C[C@@]2(C(=O)O)NC(=O)[C@@H]2CCCC2C1=O.COc1ccc2c(=O)cc(-c3nccs3)[nH]c2c1C.